The Hall–Kier alpha value is -0.780. The predicted octanol–water partition coefficient (Wildman–Crippen LogP) is 4.22. The topological polar surface area (TPSA) is 0 Å². The Labute approximate surface area is 88.4 Å². The van der Waals surface area contributed by atoms with E-state index in [1.807, 2.05) is 0 Å². The summed E-state index contributed by atoms with van der Waals surface area (Å²) in [6.45, 7) is 9.11. The maximum atomic E-state index is 2.35. The Morgan fingerprint density at radius 2 is 1.86 bits per heavy atom. The van der Waals surface area contributed by atoms with Crippen LogP contribution in [-0.4, -0.2) is 0 Å². The van der Waals surface area contributed by atoms with Crippen LogP contribution < -0.4 is 0 Å². The Kier molecular flexibility index (Phi) is 4.19. The van der Waals surface area contributed by atoms with Crippen molar-refractivity contribution in [1.29, 1.82) is 0 Å². The molecule has 14 heavy (non-hydrogen) atoms. The Bertz CT molecular complexity index is 273. The zero-order valence-corrected chi connectivity index (χ0v) is 9.88. The van der Waals surface area contributed by atoms with E-state index < -0.39 is 0 Å². The summed E-state index contributed by atoms with van der Waals surface area (Å²) in [6, 6.07) is 8.87. The van der Waals surface area contributed by atoms with Crippen LogP contribution in [0.15, 0.2) is 24.3 Å². The SMILES string of the molecule is Cc1cccc(CC(C)CC(C)C)c1. The molecular formula is C14H22. The van der Waals surface area contributed by atoms with Gasteiger partial charge < -0.3 is 0 Å². The lowest BCUT2D eigenvalue weighted by Gasteiger charge is -2.14. The van der Waals surface area contributed by atoms with Crippen LogP contribution in [0.4, 0.5) is 0 Å². The van der Waals surface area contributed by atoms with Crippen molar-refractivity contribution in [2.24, 2.45) is 11.8 Å². The minimum atomic E-state index is 0.803. The standard InChI is InChI=1S/C14H22/c1-11(2)8-13(4)10-14-7-5-6-12(3)9-14/h5-7,9,11,13H,8,10H2,1-4H3. The quantitative estimate of drug-likeness (QED) is 0.667. The van der Waals surface area contributed by atoms with Gasteiger partial charge in [-0.15, -0.1) is 0 Å². The zero-order valence-electron chi connectivity index (χ0n) is 9.88. The maximum absolute atomic E-state index is 2.35. The summed E-state index contributed by atoms with van der Waals surface area (Å²) in [7, 11) is 0. The second-order valence-electron chi connectivity index (χ2n) is 4.93. The van der Waals surface area contributed by atoms with Crippen molar-refractivity contribution >= 4 is 0 Å². The fourth-order valence-corrected chi connectivity index (χ4v) is 2.13. The van der Waals surface area contributed by atoms with Crippen molar-refractivity contribution in [3.63, 3.8) is 0 Å². The van der Waals surface area contributed by atoms with Crippen molar-refractivity contribution in [2.75, 3.05) is 0 Å². The molecule has 78 valence electrons. The van der Waals surface area contributed by atoms with Crippen LogP contribution in [0.3, 0.4) is 0 Å². The van der Waals surface area contributed by atoms with Gasteiger partial charge in [-0.3, -0.25) is 0 Å². The average Bonchev–Trinajstić information content (AvgIpc) is 2.01. The molecule has 1 aromatic rings. The van der Waals surface area contributed by atoms with Gasteiger partial charge >= 0.3 is 0 Å². The van der Waals surface area contributed by atoms with E-state index in [1.165, 1.54) is 24.0 Å². The lowest BCUT2D eigenvalue weighted by Crippen LogP contribution is -2.03. The highest BCUT2D eigenvalue weighted by Crippen LogP contribution is 2.17. The van der Waals surface area contributed by atoms with Gasteiger partial charge in [-0.25, -0.2) is 0 Å². The third-order valence-electron chi connectivity index (χ3n) is 2.54. The van der Waals surface area contributed by atoms with Gasteiger partial charge in [0, 0.05) is 0 Å². The molecule has 0 saturated carbocycles. The number of hydrogen-bond donors (Lipinski definition) is 0. The highest BCUT2D eigenvalue weighted by atomic mass is 14.1. The van der Waals surface area contributed by atoms with E-state index in [0.717, 1.165) is 11.8 Å². The molecule has 0 aliphatic rings. The van der Waals surface area contributed by atoms with E-state index in [2.05, 4.69) is 52.0 Å². The smallest absolute Gasteiger partial charge is 0.0253 e. The monoisotopic (exact) mass is 190 g/mol. The molecule has 1 aromatic carbocycles. The summed E-state index contributed by atoms with van der Waals surface area (Å²) in [5.41, 5.74) is 2.86. The van der Waals surface area contributed by atoms with Crippen LogP contribution in [0.2, 0.25) is 0 Å². The highest BCUT2D eigenvalue weighted by Gasteiger charge is 2.05. The molecule has 0 aromatic heterocycles. The van der Waals surface area contributed by atoms with Crippen molar-refractivity contribution in [3.05, 3.63) is 35.4 Å². The van der Waals surface area contributed by atoms with E-state index in [4.69, 9.17) is 0 Å². The molecule has 0 N–H and O–H groups in total. The van der Waals surface area contributed by atoms with Crippen LogP contribution in [-0.2, 0) is 6.42 Å². The molecule has 0 radical (unpaired) electrons. The lowest BCUT2D eigenvalue weighted by atomic mass is 9.92. The van der Waals surface area contributed by atoms with Crippen LogP contribution >= 0.6 is 0 Å². The number of benzene rings is 1. The summed E-state index contributed by atoms with van der Waals surface area (Å²) in [5.74, 6) is 1.62. The second kappa shape index (κ2) is 5.19. The molecule has 0 nitrogen and oxygen atoms in total. The molecule has 0 heteroatoms. The fraction of sp³-hybridized carbons (Fsp3) is 0.571. The first-order valence-electron chi connectivity index (χ1n) is 5.63. The number of rotatable bonds is 4. The van der Waals surface area contributed by atoms with Crippen LogP contribution in [0.25, 0.3) is 0 Å². The molecule has 1 unspecified atom stereocenters. The molecular weight excluding hydrogens is 168 g/mol. The van der Waals surface area contributed by atoms with Crippen molar-refractivity contribution in [2.45, 2.75) is 40.5 Å². The minimum absolute atomic E-state index is 0.803. The average molecular weight is 190 g/mol. The third kappa shape index (κ3) is 3.95. The predicted molar refractivity (Wildman–Crippen MR) is 63.5 cm³/mol. The molecule has 1 atom stereocenters. The Morgan fingerprint density at radius 3 is 2.43 bits per heavy atom. The highest BCUT2D eigenvalue weighted by molar-refractivity contribution is 5.22. The summed E-state index contributed by atoms with van der Waals surface area (Å²) < 4.78 is 0. The molecule has 1 rings (SSSR count). The molecule has 0 amide bonds. The molecule has 0 aliphatic heterocycles. The van der Waals surface area contributed by atoms with Crippen LogP contribution in [0.1, 0.15) is 38.3 Å². The largest absolute Gasteiger partial charge is 0.0628 e. The molecule has 0 aliphatic carbocycles. The van der Waals surface area contributed by atoms with Gasteiger partial charge in [0.1, 0.15) is 0 Å². The molecule has 0 bridgehead atoms. The van der Waals surface area contributed by atoms with Crippen molar-refractivity contribution in [1.82, 2.24) is 0 Å². The van der Waals surface area contributed by atoms with E-state index in [9.17, 15) is 0 Å². The first kappa shape index (κ1) is 11.3. The molecule has 0 saturated heterocycles. The van der Waals surface area contributed by atoms with Gasteiger partial charge in [-0.05, 0) is 37.2 Å². The lowest BCUT2D eigenvalue weighted by molar-refractivity contribution is 0.437. The second-order valence-corrected chi connectivity index (χ2v) is 4.93. The van der Waals surface area contributed by atoms with E-state index >= 15 is 0 Å². The van der Waals surface area contributed by atoms with E-state index in [0.29, 0.717) is 0 Å². The van der Waals surface area contributed by atoms with Gasteiger partial charge in [0.05, 0.1) is 0 Å². The first-order chi connectivity index (χ1) is 6.58. The molecule has 0 fully saturated rings. The van der Waals surface area contributed by atoms with Crippen molar-refractivity contribution < 1.29 is 0 Å². The first-order valence-corrected chi connectivity index (χ1v) is 5.63. The molecule has 0 spiro atoms. The Morgan fingerprint density at radius 1 is 1.14 bits per heavy atom. The van der Waals surface area contributed by atoms with Gasteiger partial charge in [0.15, 0.2) is 0 Å². The Balaban J connectivity index is 2.51. The van der Waals surface area contributed by atoms with E-state index in [1.54, 1.807) is 0 Å². The maximum Gasteiger partial charge on any atom is -0.0253 e. The minimum Gasteiger partial charge on any atom is -0.0628 e. The molecule has 0 heterocycles. The summed E-state index contributed by atoms with van der Waals surface area (Å²) >= 11 is 0. The van der Waals surface area contributed by atoms with Gasteiger partial charge in [-0.1, -0.05) is 50.6 Å². The van der Waals surface area contributed by atoms with Crippen LogP contribution in [0, 0.1) is 18.8 Å². The fourth-order valence-electron chi connectivity index (χ4n) is 2.13. The summed E-state index contributed by atoms with van der Waals surface area (Å²) in [6.07, 6.45) is 2.55. The van der Waals surface area contributed by atoms with E-state index in [-0.39, 0.29) is 0 Å². The summed E-state index contributed by atoms with van der Waals surface area (Å²) in [4.78, 5) is 0. The van der Waals surface area contributed by atoms with Gasteiger partial charge in [-0.2, -0.15) is 0 Å². The van der Waals surface area contributed by atoms with Crippen LogP contribution in [0.5, 0.6) is 0 Å². The normalized spacial score (nSPS) is 13.2. The number of aryl methyl sites for hydroxylation is 1. The van der Waals surface area contributed by atoms with Gasteiger partial charge in [0.2, 0.25) is 0 Å². The number of hydrogen-bond acceptors (Lipinski definition) is 0. The summed E-state index contributed by atoms with van der Waals surface area (Å²) in [5, 5.41) is 0. The zero-order chi connectivity index (χ0) is 10.6. The third-order valence-corrected chi connectivity index (χ3v) is 2.54. The van der Waals surface area contributed by atoms with Gasteiger partial charge in [0.25, 0.3) is 0 Å². The van der Waals surface area contributed by atoms with Crippen molar-refractivity contribution in [3.8, 4) is 0 Å².